The maximum absolute atomic E-state index is 13.8. The van der Waals surface area contributed by atoms with Gasteiger partial charge in [-0.15, -0.1) is 0 Å². The number of allylic oxidation sites excluding steroid dienone is 1. The topological polar surface area (TPSA) is 119 Å². The Morgan fingerprint density at radius 3 is 2.97 bits per heavy atom. The van der Waals surface area contributed by atoms with Gasteiger partial charge in [-0.05, 0) is 25.5 Å². The summed E-state index contributed by atoms with van der Waals surface area (Å²) < 4.78 is 21.0. The summed E-state index contributed by atoms with van der Waals surface area (Å²) in [5, 5.41) is 10.1. The average molecular weight is 397 g/mol. The Morgan fingerprint density at radius 1 is 1.41 bits per heavy atom. The van der Waals surface area contributed by atoms with Gasteiger partial charge in [-0.3, -0.25) is 4.79 Å². The maximum Gasteiger partial charge on any atom is 0.256 e. The van der Waals surface area contributed by atoms with Crippen molar-refractivity contribution in [1.82, 2.24) is 24.9 Å². The molecule has 0 aliphatic carbocycles. The van der Waals surface area contributed by atoms with Crippen LogP contribution in [-0.4, -0.2) is 38.1 Å². The molecule has 1 aliphatic heterocycles. The van der Waals surface area contributed by atoms with E-state index in [2.05, 4.69) is 32.3 Å². The van der Waals surface area contributed by atoms with Gasteiger partial charge in [0.2, 0.25) is 5.88 Å². The number of nitrogens with zero attached hydrogens (tertiary/aromatic N) is 4. The zero-order valence-electron chi connectivity index (χ0n) is 16.0. The van der Waals surface area contributed by atoms with Crippen molar-refractivity contribution < 1.29 is 13.9 Å². The van der Waals surface area contributed by atoms with Crippen LogP contribution in [0.1, 0.15) is 35.3 Å². The number of rotatable bonds is 1. The molecule has 0 spiro atoms. The number of nitrogen functional groups attached to an aromatic ring is 1. The minimum absolute atomic E-state index is 0.181. The number of carbonyl (C=O) groups excluding carboxylic acids is 1. The van der Waals surface area contributed by atoms with Crippen LogP contribution in [0.25, 0.3) is 11.2 Å². The van der Waals surface area contributed by atoms with Crippen LogP contribution >= 0.6 is 0 Å². The molecule has 4 N–H and O–H groups in total. The van der Waals surface area contributed by atoms with Crippen LogP contribution in [0.4, 0.5) is 16.0 Å². The van der Waals surface area contributed by atoms with Gasteiger partial charge >= 0.3 is 0 Å². The lowest BCUT2D eigenvalue weighted by Crippen LogP contribution is -2.33. The van der Waals surface area contributed by atoms with Gasteiger partial charge in [0.05, 0.1) is 24.5 Å². The highest BCUT2D eigenvalue weighted by Crippen LogP contribution is 2.30. The number of hydrogen-bond donors (Lipinski definition) is 3. The number of nitrogens with two attached hydrogens (primary N) is 1. The summed E-state index contributed by atoms with van der Waals surface area (Å²) in [6.07, 6.45) is 2.10. The number of ether oxygens (including phenoxy) is 1. The molecule has 0 saturated carbocycles. The summed E-state index contributed by atoms with van der Waals surface area (Å²) in [5.74, 6) is 0.123. The molecule has 0 unspecified atom stereocenters. The van der Waals surface area contributed by atoms with Crippen molar-refractivity contribution in [2.24, 2.45) is 0 Å². The normalized spacial score (nSPS) is 16.7. The van der Waals surface area contributed by atoms with E-state index in [0.29, 0.717) is 34.0 Å². The number of hydrogen-bond acceptors (Lipinski definition) is 7. The average Bonchev–Trinajstić information content (AvgIpc) is 3.09. The van der Waals surface area contributed by atoms with E-state index in [1.54, 1.807) is 13.8 Å². The number of carbonyl (C=O) groups is 1. The molecule has 1 amide bonds. The summed E-state index contributed by atoms with van der Waals surface area (Å²) in [7, 11) is 0. The number of pyridine rings is 1. The van der Waals surface area contributed by atoms with Gasteiger partial charge in [-0.25, -0.2) is 14.4 Å². The van der Waals surface area contributed by atoms with Gasteiger partial charge in [0.1, 0.15) is 29.1 Å². The summed E-state index contributed by atoms with van der Waals surface area (Å²) in [4.78, 5) is 21.3. The van der Waals surface area contributed by atoms with Crippen LogP contribution < -0.4 is 21.1 Å². The molecule has 1 atom stereocenters. The van der Waals surface area contributed by atoms with Crippen molar-refractivity contribution in [1.29, 1.82) is 0 Å². The first-order valence-electron chi connectivity index (χ1n) is 9.01. The molecular weight excluding hydrogens is 377 g/mol. The van der Waals surface area contributed by atoms with E-state index in [1.807, 2.05) is 0 Å². The fraction of sp³-hybridized carbons (Fsp3) is 0.263. The van der Waals surface area contributed by atoms with E-state index in [4.69, 9.17) is 10.5 Å². The largest absolute Gasteiger partial charge is 0.473 e. The molecule has 2 bridgehead atoms. The van der Waals surface area contributed by atoms with Crippen LogP contribution in [0.3, 0.4) is 0 Å². The Labute approximate surface area is 165 Å². The minimum atomic E-state index is -0.486. The third kappa shape index (κ3) is 3.33. The smallest absolute Gasteiger partial charge is 0.256 e. The number of amides is 1. The zero-order valence-corrected chi connectivity index (χ0v) is 16.0. The van der Waals surface area contributed by atoms with E-state index in [-0.39, 0.29) is 30.4 Å². The van der Waals surface area contributed by atoms with Crippen molar-refractivity contribution in [2.45, 2.75) is 26.5 Å². The third-order valence-electron chi connectivity index (χ3n) is 4.56. The molecule has 4 heterocycles. The molecule has 0 radical (unpaired) electrons. The molecule has 3 aromatic rings. The number of halogens is 1. The molecule has 3 aromatic heterocycles. The Bertz CT molecular complexity index is 1140. The van der Waals surface area contributed by atoms with Crippen molar-refractivity contribution in [2.75, 3.05) is 17.6 Å². The Hall–Kier alpha value is -3.69. The highest BCUT2D eigenvalue weighted by Gasteiger charge is 2.22. The van der Waals surface area contributed by atoms with Crippen LogP contribution in [0, 0.1) is 5.82 Å². The second kappa shape index (κ2) is 7.04. The van der Waals surface area contributed by atoms with Gasteiger partial charge in [0.15, 0.2) is 5.65 Å². The fourth-order valence-corrected chi connectivity index (χ4v) is 3.17. The van der Waals surface area contributed by atoms with Gasteiger partial charge in [0.25, 0.3) is 5.91 Å². The van der Waals surface area contributed by atoms with Crippen LogP contribution in [-0.2, 0) is 6.54 Å². The quantitative estimate of drug-likeness (QED) is 0.574. The Morgan fingerprint density at radius 2 is 2.21 bits per heavy atom. The number of anilines is 2. The Kier molecular flexibility index (Phi) is 4.53. The molecule has 0 fully saturated rings. The molecule has 10 heteroatoms. The van der Waals surface area contributed by atoms with Crippen molar-refractivity contribution >= 4 is 28.8 Å². The fourth-order valence-electron chi connectivity index (χ4n) is 3.17. The summed E-state index contributed by atoms with van der Waals surface area (Å²) in [6.45, 7) is 7.93. The number of aromatic nitrogens is 4. The second-order valence-electron chi connectivity index (χ2n) is 6.90. The van der Waals surface area contributed by atoms with Gasteiger partial charge in [-0.2, -0.15) is 9.61 Å². The van der Waals surface area contributed by atoms with Gasteiger partial charge < -0.3 is 21.1 Å². The minimum Gasteiger partial charge on any atom is -0.473 e. The highest BCUT2D eigenvalue weighted by molar-refractivity contribution is 6.00. The number of nitrogens with one attached hydrogen (secondary N) is 2. The van der Waals surface area contributed by atoms with Gasteiger partial charge in [-0.1, -0.05) is 6.58 Å². The van der Waals surface area contributed by atoms with Crippen LogP contribution in [0.2, 0.25) is 0 Å². The monoisotopic (exact) mass is 397 g/mol. The van der Waals surface area contributed by atoms with Crippen LogP contribution in [0.15, 0.2) is 25.0 Å². The molecule has 0 saturated heterocycles. The first-order valence-corrected chi connectivity index (χ1v) is 9.01. The molecule has 4 rings (SSSR count). The Balaban J connectivity index is 1.90. The summed E-state index contributed by atoms with van der Waals surface area (Å²) in [6, 6.07) is 1.34. The molecule has 1 aliphatic rings. The highest BCUT2D eigenvalue weighted by atomic mass is 19.1. The van der Waals surface area contributed by atoms with Crippen molar-refractivity contribution in [3.8, 4) is 5.88 Å². The first-order chi connectivity index (χ1) is 13.8. The predicted molar refractivity (Wildman–Crippen MR) is 106 cm³/mol. The summed E-state index contributed by atoms with van der Waals surface area (Å²) >= 11 is 0. The van der Waals surface area contributed by atoms with E-state index in [1.165, 1.54) is 16.8 Å². The number of fused-ring (bicyclic) bond motifs is 2. The molecular formula is C19H20FN7O2. The van der Waals surface area contributed by atoms with Crippen LogP contribution in [0.5, 0.6) is 5.88 Å². The zero-order chi connectivity index (χ0) is 20.7. The maximum atomic E-state index is 13.8. The molecule has 150 valence electrons. The van der Waals surface area contributed by atoms with Crippen molar-refractivity contribution in [3.63, 3.8) is 0 Å². The lowest BCUT2D eigenvalue weighted by Gasteiger charge is -2.17. The predicted octanol–water partition coefficient (Wildman–Crippen LogP) is 2.00. The van der Waals surface area contributed by atoms with E-state index < -0.39 is 11.9 Å². The standard InChI is InChI=1S/C19H20FN7O2/c1-9(2)14-15(21)27-17-13(8-25-27)18(28)23-5-10(3)29-19-11(4-12(20)7-24-19)6-22-16(14)26-17/h4,7-8,10H,1,5-6,21H2,2-3H3,(H,22,26)(H,23,28)/t10-/m0/s1. The van der Waals surface area contributed by atoms with Crippen molar-refractivity contribution in [3.05, 3.63) is 47.5 Å². The molecule has 0 aromatic carbocycles. The molecule has 9 nitrogen and oxygen atoms in total. The van der Waals surface area contributed by atoms with E-state index in [0.717, 1.165) is 6.20 Å². The first kappa shape index (κ1) is 18.7. The molecule has 29 heavy (non-hydrogen) atoms. The lowest BCUT2D eigenvalue weighted by atomic mass is 10.1. The van der Waals surface area contributed by atoms with E-state index in [9.17, 15) is 9.18 Å². The second-order valence-corrected chi connectivity index (χ2v) is 6.90. The summed E-state index contributed by atoms with van der Waals surface area (Å²) in [5.41, 5.74) is 8.60. The van der Waals surface area contributed by atoms with Gasteiger partial charge in [0, 0.05) is 12.1 Å². The van der Waals surface area contributed by atoms with E-state index >= 15 is 0 Å². The SMILES string of the molecule is C=C(C)c1c2nc3c(cnn3c1N)C(=O)NC[C@H](C)Oc1ncc(F)cc1CN2. The third-order valence-corrected chi connectivity index (χ3v) is 4.56. The lowest BCUT2D eigenvalue weighted by molar-refractivity contribution is 0.0932.